The van der Waals surface area contributed by atoms with E-state index < -0.39 is 0 Å². The second-order valence-corrected chi connectivity index (χ2v) is 2.89. The van der Waals surface area contributed by atoms with E-state index in [2.05, 4.69) is 36.0 Å². The number of aliphatic imine (C=N–C) groups is 1. The van der Waals surface area contributed by atoms with Crippen LogP contribution < -0.4 is 0 Å². The zero-order chi connectivity index (χ0) is 8.27. The molecule has 1 aliphatic rings. The molecule has 0 N–H and O–H groups in total. The first kappa shape index (κ1) is 8.31. The van der Waals surface area contributed by atoms with Gasteiger partial charge in [0.25, 0.3) is 0 Å². The van der Waals surface area contributed by atoms with E-state index in [-0.39, 0.29) is 0 Å². The number of hydrogen-bond donors (Lipinski definition) is 0. The van der Waals surface area contributed by atoms with Crippen molar-refractivity contribution in [2.24, 2.45) is 4.99 Å². The van der Waals surface area contributed by atoms with Crippen molar-refractivity contribution in [2.75, 3.05) is 7.05 Å². The Labute approximate surface area is 68.6 Å². The summed E-state index contributed by atoms with van der Waals surface area (Å²) in [4.78, 5) is 6.47. The molecule has 0 fully saturated rings. The molecular formula is C9H16N2. The number of amidine groups is 1. The molecule has 0 aromatic rings. The van der Waals surface area contributed by atoms with Crippen LogP contribution in [0, 0.1) is 0 Å². The lowest BCUT2D eigenvalue weighted by Gasteiger charge is -2.23. The summed E-state index contributed by atoms with van der Waals surface area (Å²) in [5.74, 6) is 1.19. The van der Waals surface area contributed by atoms with E-state index in [0.29, 0.717) is 6.04 Å². The van der Waals surface area contributed by atoms with Crippen molar-refractivity contribution in [1.82, 2.24) is 4.90 Å². The van der Waals surface area contributed by atoms with Gasteiger partial charge in [-0.05, 0) is 13.3 Å². The molecule has 0 radical (unpaired) electrons. The van der Waals surface area contributed by atoms with Crippen LogP contribution in [0.2, 0.25) is 0 Å². The van der Waals surface area contributed by atoms with Crippen LogP contribution in [-0.2, 0) is 0 Å². The highest BCUT2D eigenvalue weighted by Crippen LogP contribution is 2.13. The molecule has 2 nitrogen and oxygen atoms in total. The van der Waals surface area contributed by atoms with Crippen molar-refractivity contribution in [3.05, 3.63) is 12.3 Å². The molecule has 0 aromatic heterocycles. The standard InChI is InChI=1S/C9H16N2/c1-4-8(2)11-7-5-6-9(11)10-3/h5,7-8H,4,6H2,1-3H3. The van der Waals surface area contributed by atoms with Crippen molar-refractivity contribution in [3.63, 3.8) is 0 Å². The molecule has 0 saturated carbocycles. The zero-order valence-electron chi connectivity index (χ0n) is 7.54. The Bertz CT molecular complexity index is 182. The molecular weight excluding hydrogens is 136 g/mol. The van der Waals surface area contributed by atoms with Gasteiger partial charge in [0.2, 0.25) is 0 Å². The second kappa shape index (κ2) is 3.56. The van der Waals surface area contributed by atoms with Crippen LogP contribution in [0.4, 0.5) is 0 Å². The molecule has 62 valence electrons. The van der Waals surface area contributed by atoms with Crippen molar-refractivity contribution in [1.29, 1.82) is 0 Å². The predicted octanol–water partition coefficient (Wildman–Crippen LogP) is 2.03. The third-order valence-electron chi connectivity index (χ3n) is 2.19. The molecule has 11 heavy (non-hydrogen) atoms. The van der Waals surface area contributed by atoms with Crippen molar-refractivity contribution < 1.29 is 0 Å². The fourth-order valence-electron chi connectivity index (χ4n) is 1.27. The molecule has 0 saturated heterocycles. The van der Waals surface area contributed by atoms with Crippen molar-refractivity contribution >= 4 is 5.84 Å². The summed E-state index contributed by atoms with van der Waals surface area (Å²) in [6.07, 6.45) is 6.47. The summed E-state index contributed by atoms with van der Waals surface area (Å²) in [6.45, 7) is 4.42. The largest absolute Gasteiger partial charge is 0.334 e. The molecule has 1 heterocycles. The van der Waals surface area contributed by atoms with Crippen LogP contribution >= 0.6 is 0 Å². The molecule has 0 aromatic carbocycles. The number of nitrogens with zero attached hydrogens (tertiary/aromatic N) is 2. The van der Waals surface area contributed by atoms with E-state index in [9.17, 15) is 0 Å². The van der Waals surface area contributed by atoms with Gasteiger partial charge in [-0.15, -0.1) is 0 Å². The first-order chi connectivity index (χ1) is 5.29. The highest BCUT2D eigenvalue weighted by atomic mass is 15.2. The molecule has 0 bridgehead atoms. The maximum Gasteiger partial charge on any atom is 0.107 e. The Morgan fingerprint density at radius 2 is 2.45 bits per heavy atom. The van der Waals surface area contributed by atoms with E-state index in [0.717, 1.165) is 6.42 Å². The number of hydrogen-bond acceptors (Lipinski definition) is 1. The van der Waals surface area contributed by atoms with E-state index in [1.165, 1.54) is 12.3 Å². The maximum atomic E-state index is 4.22. The van der Waals surface area contributed by atoms with Gasteiger partial charge in [0.05, 0.1) is 0 Å². The summed E-state index contributed by atoms with van der Waals surface area (Å²) >= 11 is 0. The zero-order valence-corrected chi connectivity index (χ0v) is 7.54. The Balaban J connectivity index is 2.63. The van der Waals surface area contributed by atoms with Gasteiger partial charge in [-0.25, -0.2) is 0 Å². The third kappa shape index (κ3) is 1.62. The Morgan fingerprint density at radius 3 is 3.00 bits per heavy atom. The van der Waals surface area contributed by atoms with Gasteiger partial charge < -0.3 is 4.90 Å². The summed E-state index contributed by atoms with van der Waals surface area (Å²) in [7, 11) is 1.86. The fraction of sp³-hybridized carbons (Fsp3) is 0.667. The molecule has 1 rings (SSSR count). The Kier molecular flexibility index (Phi) is 2.69. The van der Waals surface area contributed by atoms with Gasteiger partial charge in [0, 0.05) is 25.7 Å². The minimum atomic E-state index is 0.590. The predicted molar refractivity (Wildman–Crippen MR) is 48.7 cm³/mol. The first-order valence-corrected chi connectivity index (χ1v) is 4.20. The third-order valence-corrected chi connectivity index (χ3v) is 2.19. The Morgan fingerprint density at radius 1 is 1.73 bits per heavy atom. The normalized spacial score (nSPS) is 23.2. The SMILES string of the molecule is CCC(C)N1C=CCC1=NC. The van der Waals surface area contributed by atoms with Crippen molar-refractivity contribution in [2.45, 2.75) is 32.7 Å². The highest BCUT2D eigenvalue weighted by Gasteiger charge is 2.16. The van der Waals surface area contributed by atoms with Crippen LogP contribution in [0.5, 0.6) is 0 Å². The van der Waals surface area contributed by atoms with Crippen LogP contribution in [0.3, 0.4) is 0 Å². The lowest BCUT2D eigenvalue weighted by molar-refractivity contribution is 0.421. The average molecular weight is 152 g/mol. The van der Waals surface area contributed by atoms with E-state index in [1.54, 1.807) is 0 Å². The first-order valence-electron chi connectivity index (χ1n) is 4.20. The van der Waals surface area contributed by atoms with Gasteiger partial charge in [-0.3, -0.25) is 4.99 Å². The summed E-state index contributed by atoms with van der Waals surface area (Å²) in [5.41, 5.74) is 0. The van der Waals surface area contributed by atoms with Crippen LogP contribution in [0.15, 0.2) is 17.3 Å². The number of rotatable bonds is 2. The minimum Gasteiger partial charge on any atom is -0.334 e. The van der Waals surface area contributed by atoms with E-state index >= 15 is 0 Å². The van der Waals surface area contributed by atoms with Crippen LogP contribution in [-0.4, -0.2) is 23.8 Å². The highest BCUT2D eigenvalue weighted by molar-refractivity contribution is 5.86. The van der Waals surface area contributed by atoms with Crippen molar-refractivity contribution in [3.8, 4) is 0 Å². The molecule has 1 unspecified atom stereocenters. The van der Waals surface area contributed by atoms with E-state index in [1.807, 2.05) is 7.05 Å². The molecule has 2 heteroatoms. The fourth-order valence-corrected chi connectivity index (χ4v) is 1.27. The Hall–Kier alpha value is -0.790. The maximum absolute atomic E-state index is 4.22. The lowest BCUT2D eigenvalue weighted by Crippen LogP contribution is -2.30. The molecule has 0 spiro atoms. The molecule has 0 aliphatic carbocycles. The smallest absolute Gasteiger partial charge is 0.107 e. The molecule has 1 aliphatic heterocycles. The second-order valence-electron chi connectivity index (χ2n) is 2.89. The van der Waals surface area contributed by atoms with Gasteiger partial charge in [0.1, 0.15) is 5.84 Å². The van der Waals surface area contributed by atoms with Crippen LogP contribution in [0.25, 0.3) is 0 Å². The topological polar surface area (TPSA) is 15.6 Å². The average Bonchev–Trinajstić information content (AvgIpc) is 2.50. The van der Waals surface area contributed by atoms with Gasteiger partial charge in [-0.1, -0.05) is 13.0 Å². The van der Waals surface area contributed by atoms with E-state index in [4.69, 9.17) is 0 Å². The molecule has 0 amide bonds. The monoisotopic (exact) mass is 152 g/mol. The summed E-state index contributed by atoms with van der Waals surface area (Å²) in [6, 6.07) is 0.590. The quantitative estimate of drug-likeness (QED) is 0.591. The summed E-state index contributed by atoms with van der Waals surface area (Å²) < 4.78 is 0. The van der Waals surface area contributed by atoms with Gasteiger partial charge in [-0.2, -0.15) is 0 Å². The van der Waals surface area contributed by atoms with Gasteiger partial charge in [0.15, 0.2) is 0 Å². The minimum absolute atomic E-state index is 0.590. The lowest BCUT2D eigenvalue weighted by atomic mass is 10.2. The van der Waals surface area contributed by atoms with Crippen LogP contribution in [0.1, 0.15) is 26.7 Å². The molecule has 1 atom stereocenters. The summed E-state index contributed by atoms with van der Waals surface area (Å²) in [5, 5.41) is 0. The van der Waals surface area contributed by atoms with Gasteiger partial charge >= 0.3 is 0 Å².